The van der Waals surface area contributed by atoms with Gasteiger partial charge in [-0.2, -0.15) is 4.98 Å². The van der Waals surface area contributed by atoms with Crippen LogP contribution in [0.25, 0.3) is 22.6 Å². The first-order valence-electron chi connectivity index (χ1n) is 10.0. The Labute approximate surface area is 189 Å². The number of carbonyl (C=O) groups is 1. The van der Waals surface area contributed by atoms with Gasteiger partial charge in [-0.1, -0.05) is 35.5 Å². The minimum Gasteiger partial charge on any atom is -0.497 e. The summed E-state index contributed by atoms with van der Waals surface area (Å²) in [6.07, 6.45) is 1.44. The van der Waals surface area contributed by atoms with Gasteiger partial charge < -0.3 is 19.3 Å². The van der Waals surface area contributed by atoms with Crippen molar-refractivity contribution in [2.24, 2.45) is 0 Å². The Bertz CT molecular complexity index is 1190. The van der Waals surface area contributed by atoms with E-state index in [0.717, 1.165) is 16.8 Å². The Morgan fingerprint density at radius 3 is 2.72 bits per heavy atom. The summed E-state index contributed by atoms with van der Waals surface area (Å²) in [5.74, 6) is 2.30. The van der Waals surface area contributed by atoms with E-state index in [2.05, 4.69) is 20.4 Å². The number of benzene rings is 2. The van der Waals surface area contributed by atoms with E-state index < -0.39 is 0 Å². The summed E-state index contributed by atoms with van der Waals surface area (Å²) in [7, 11) is 3.20. The molecule has 1 amide bonds. The van der Waals surface area contributed by atoms with Crippen molar-refractivity contribution in [1.82, 2.24) is 15.1 Å². The van der Waals surface area contributed by atoms with Crippen LogP contribution >= 0.6 is 11.3 Å². The van der Waals surface area contributed by atoms with Crippen LogP contribution in [-0.4, -0.2) is 35.3 Å². The molecular weight excluding hydrogens is 428 g/mol. The number of aromatic nitrogens is 3. The second-order valence-corrected chi connectivity index (χ2v) is 7.74. The van der Waals surface area contributed by atoms with Gasteiger partial charge in [0.1, 0.15) is 11.5 Å². The third kappa shape index (κ3) is 5.12. The third-order valence-electron chi connectivity index (χ3n) is 4.73. The van der Waals surface area contributed by atoms with Gasteiger partial charge in [0.25, 0.3) is 0 Å². The highest BCUT2D eigenvalue weighted by Crippen LogP contribution is 2.34. The van der Waals surface area contributed by atoms with Gasteiger partial charge in [-0.15, -0.1) is 11.3 Å². The van der Waals surface area contributed by atoms with Crippen molar-refractivity contribution in [2.75, 3.05) is 19.5 Å². The third-order valence-corrected chi connectivity index (χ3v) is 5.49. The van der Waals surface area contributed by atoms with Crippen LogP contribution in [0.3, 0.4) is 0 Å². The Balaban J connectivity index is 1.30. The van der Waals surface area contributed by atoms with Crippen LogP contribution in [0, 0.1) is 0 Å². The summed E-state index contributed by atoms with van der Waals surface area (Å²) in [6, 6.07) is 15.1. The Hall–Kier alpha value is -3.72. The first kappa shape index (κ1) is 21.5. The fraction of sp³-hybridized carbons (Fsp3) is 0.217. The van der Waals surface area contributed by atoms with E-state index in [1.807, 2.05) is 47.8 Å². The molecule has 0 aliphatic rings. The number of rotatable bonds is 9. The van der Waals surface area contributed by atoms with Gasteiger partial charge in [-0.05, 0) is 18.6 Å². The second kappa shape index (κ2) is 10.1. The maximum absolute atomic E-state index is 12.3. The standard InChI is InChI=1S/C23H22N4O4S/c1-29-16-11-12-17(19(13-16)30-2)18-14-32-23(24-18)25-20(28)9-6-10-21-26-22(27-31-21)15-7-4-3-5-8-15/h3-5,7-8,11-14H,6,9-10H2,1-2H3,(H,24,25,28). The Morgan fingerprint density at radius 1 is 1.09 bits per heavy atom. The van der Waals surface area contributed by atoms with Crippen molar-refractivity contribution in [3.63, 3.8) is 0 Å². The van der Waals surface area contributed by atoms with Crippen LogP contribution in [-0.2, 0) is 11.2 Å². The first-order chi connectivity index (χ1) is 15.7. The van der Waals surface area contributed by atoms with Gasteiger partial charge >= 0.3 is 0 Å². The molecule has 0 saturated heterocycles. The number of ether oxygens (including phenoxy) is 2. The fourth-order valence-corrected chi connectivity index (χ4v) is 3.83. The Morgan fingerprint density at radius 2 is 1.94 bits per heavy atom. The SMILES string of the molecule is COc1ccc(-c2csc(NC(=O)CCCc3nc(-c4ccccc4)no3)n2)c(OC)c1. The first-order valence-corrected chi connectivity index (χ1v) is 10.9. The zero-order valence-corrected chi connectivity index (χ0v) is 18.5. The molecule has 32 heavy (non-hydrogen) atoms. The largest absolute Gasteiger partial charge is 0.497 e. The smallest absolute Gasteiger partial charge is 0.226 e. The lowest BCUT2D eigenvalue weighted by molar-refractivity contribution is -0.116. The maximum Gasteiger partial charge on any atom is 0.226 e. The molecule has 0 unspecified atom stereocenters. The molecular formula is C23H22N4O4S. The van der Waals surface area contributed by atoms with Crippen molar-refractivity contribution < 1.29 is 18.8 Å². The highest BCUT2D eigenvalue weighted by Gasteiger charge is 2.14. The lowest BCUT2D eigenvalue weighted by atomic mass is 10.1. The van der Waals surface area contributed by atoms with Crippen LogP contribution in [0.4, 0.5) is 5.13 Å². The highest BCUT2D eigenvalue weighted by molar-refractivity contribution is 7.14. The van der Waals surface area contributed by atoms with Crippen LogP contribution in [0.5, 0.6) is 11.5 Å². The minimum absolute atomic E-state index is 0.115. The van der Waals surface area contributed by atoms with E-state index in [1.54, 1.807) is 20.3 Å². The maximum atomic E-state index is 12.3. The number of methoxy groups -OCH3 is 2. The van der Waals surface area contributed by atoms with Crippen molar-refractivity contribution in [3.05, 3.63) is 59.8 Å². The molecule has 0 aliphatic heterocycles. The lowest BCUT2D eigenvalue weighted by Crippen LogP contribution is -2.11. The van der Waals surface area contributed by atoms with Gasteiger partial charge in [0.15, 0.2) is 5.13 Å². The van der Waals surface area contributed by atoms with Crippen LogP contribution in [0.15, 0.2) is 58.4 Å². The Kier molecular flexibility index (Phi) is 6.76. The number of hydrogen-bond donors (Lipinski definition) is 1. The topological polar surface area (TPSA) is 99.4 Å². The summed E-state index contributed by atoms with van der Waals surface area (Å²) in [5, 5.41) is 9.25. The average molecular weight is 451 g/mol. The van der Waals surface area contributed by atoms with Gasteiger partial charge in [-0.3, -0.25) is 4.79 Å². The quantitative estimate of drug-likeness (QED) is 0.389. The van der Waals surface area contributed by atoms with Crippen LogP contribution < -0.4 is 14.8 Å². The van der Waals surface area contributed by atoms with E-state index in [4.69, 9.17) is 14.0 Å². The zero-order valence-electron chi connectivity index (χ0n) is 17.7. The molecule has 0 radical (unpaired) electrons. The number of amides is 1. The summed E-state index contributed by atoms with van der Waals surface area (Å²) in [4.78, 5) is 21.2. The van der Waals surface area contributed by atoms with Crippen LogP contribution in [0.2, 0.25) is 0 Å². The molecule has 0 fully saturated rings. The predicted molar refractivity (Wildman–Crippen MR) is 122 cm³/mol. The van der Waals surface area contributed by atoms with E-state index in [9.17, 15) is 4.79 Å². The van der Waals surface area contributed by atoms with Crippen molar-refractivity contribution in [3.8, 4) is 34.1 Å². The van der Waals surface area contributed by atoms with E-state index in [-0.39, 0.29) is 5.91 Å². The number of anilines is 1. The lowest BCUT2D eigenvalue weighted by Gasteiger charge is -2.08. The number of hydrogen-bond acceptors (Lipinski definition) is 8. The molecule has 4 aromatic rings. The molecule has 0 aliphatic carbocycles. The summed E-state index contributed by atoms with van der Waals surface area (Å²) < 4.78 is 15.9. The fourth-order valence-electron chi connectivity index (χ4n) is 3.11. The molecule has 2 aromatic carbocycles. The van der Waals surface area contributed by atoms with Gasteiger partial charge in [0.05, 0.1) is 19.9 Å². The van der Waals surface area contributed by atoms with Crippen molar-refractivity contribution in [2.45, 2.75) is 19.3 Å². The normalized spacial score (nSPS) is 10.7. The van der Waals surface area contributed by atoms with Crippen molar-refractivity contribution >= 4 is 22.4 Å². The molecule has 0 saturated carbocycles. The molecule has 2 aromatic heterocycles. The number of nitrogens with one attached hydrogen (secondary N) is 1. The van der Waals surface area contributed by atoms with Crippen LogP contribution in [0.1, 0.15) is 18.7 Å². The van der Waals surface area contributed by atoms with Gasteiger partial charge in [0, 0.05) is 35.4 Å². The molecule has 164 valence electrons. The highest BCUT2D eigenvalue weighted by atomic mass is 32.1. The molecule has 0 bridgehead atoms. The molecule has 2 heterocycles. The second-order valence-electron chi connectivity index (χ2n) is 6.88. The number of thiazole rings is 1. The van der Waals surface area contributed by atoms with Crippen molar-refractivity contribution in [1.29, 1.82) is 0 Å². The number of aryl methyl sites for hydroxylation is 1. The minimum atomic E-state index is -0.115. The molecule has 0 atom stereocenters. The molecule has 4 rings (SSSR count). The average Bonchev–Trinajstić information content (AvgIpc) is 3.49. The van der Waals surface area contributed by atoms with Gasteiger partial charge in [0.2, 0.25) is 17.6 Å². The molecule has 9 heteroatoms. The van der Waals surface area contributed by atoms with Gasteiger partial charge in [-0.25, -0.2) is 4.98 Å². The zero-order chi connectivity index (χ0) is 22.3. The molecule has 8 nitrogen and oxygen atoms in total. The number of nitrogens with zero attached hydrogens (tertiary/aromatic N) is 3. The van der Waals surface area contributed by atoms with E-state index >= 15 is 0 Å². The van der Waals surface area contributed by atoms with E-state index in [0.29, 0.717) is 47.6 Å². The predicted octanol–water partition coefficient (Wildman–Crippen LogP) is 4.84. The molecule has 1 N–H and O–H groups in total. The summed E-state index contributed by atoms with van der Waals surface area (Å²) in [5.41, 5.74) is 2.45. The molecule has 0 spiro atoms. The monoisotopic (exact) mass is 450 g/mol. The summed E-state index contributed by atoms with van der Waals surface area (Å²) in [6.45, 7) is 0. The summed E-state index contributed by atoms with van der Waals surface area (Å²) >= 11 is 1.36. The number of carbonyl (C=O) groups excluding carboxylic acids is 1. The van der Waals surface area contributed by atoms with E-state index in [1.165, 1.54) is 11.3 Å².